The third-order valence-electron chi connectivity index (χ3n) is 3.93. The number of benzene rings is 1. The van der Waals surface area contributed by atoms with Gasteiger partial charge in [-0.25, -0.2) is 17.6 Å². The number of nitrogens with zero attached hydrogens (tertiary/aromatic N) is 2. The number of likely N-dealkylation sites (N-methyl/N-ethyl adjacent to an activating group) is 1. The molecule has 1 amide bonds. The predicted octanol–water partition coefficient (Wildman–Crippen LogP) is 1.25. The van der Waals surface area contributed by atoms with Gasteiger partial charge in [0.15, 0.2) is 6.61 Å². The Kier molecular flexibility index (Phi) is 6.12. The van der Waals surface area contributed by atoms with E-state index in [1.165, 1.54) is 23.3 Å². The largest absolute Gasteiger partial charge is 0.452 e. The number of amides is 1. The van der Waals surface area contributed by atoms with Crippen molar-refractivity contribution >= 4 is 21.9 Å². The predicted molar refractivity (Wildman–Crippen MR) is 88.0 cm³/mol. The van der Waals surface area contributed by atoms with E-state index in [1.807, 2.05) is 0 Å². The number of hydrogen-bond acceptors (Lipinski definition) is 5. The molecule has 0 aliphatic carbocycles. The second kappa shape index (κ2) is 7.92. The molecule has 0 aromatic heterocycles. The van der Waals surface area contributed by atoms with E-state index in [4.69, 9.17) is 4.74 Å². The Morgan fingerprint density at radius 2 is 1.84 bits per heavy atom. The van der Waals surface area contributed by atoms with Gasteiger partial charge in [-0.15, -0.1) is 0 Å². The van der Waals surface area contributed by atoms with E-state index >= 15 is 0 Å². The molecule has 7 nitrogen and oxygen atoms in total. The maximum absolute atomic E-state index is 14.1. The Labute approximate surface area is 146 Å². The van der Waals surface area contributed by atoms with E-state index in [-0.39, 0.29) is 5.56 Å². The number of esters is 1. The van der Waals surface area contributed by atoms with Crippen molar-refractivity contribution in [2.75, 3.05) is 33.8 Å². The van der Waals surface area contributed by atoms with Gasteiger partial charge in [-0.2, -0.15) is 4.31 Å². The molecule has 0 unspecified atom stereocenters. The van der Waals surface area contributed by atoms with Gasteiger partial charge in [0.05, 0.1) is 5.56 Å². The van der Waals surface area contributed by atoms with Gasteiger partial charge in [0.1, 0.15) is 10.7 Å². The minimum atomic E-state index is -4.02. The first-order valence-electron chi connectivity index (χ1n) is 7.90. The van der Waals surface area contributed by atoms with Crippen molar-refractivity contribution in [3.63, 3.8) is 0 Å². The Bertz CT molecular complexity index is 758. The zero-order valence-electron chi connectivity index (χ0n) is 14.2. The second-order valence-electron chi connectivity index (χ2n) is 5.97. The van der Waals surface area contributed by atoms with E-state index in [9.17, 15) is 22.4 Å². The minimum Gasteiger partial charge on any atom is -0.452 e. The molecule has 0 bridgehead atoms. The third-order valence-corrected chi connectivity index (χ3v) is 5.84. The summed E-state index contributed by atoms with van der Waals surface area (Å²) in [6.45, 7) is 0.180. The van der Waals surface area contributed by atoms with E-state index in [0.29, 0.717) is 13.1 Å². The summed E-state index contributed by atoms with van der Waals surface area (Å²) in [6.07, 6.45) is 2.37. The summed E-state index contributed by atoms with van der Waals surface area (Å²) in [4.78, 5) is 24.2. The highest BCUT2D eigenvalue weighted by Gasteiger charge is 2.29. The van der Waals surface area contributed by atoms with Crippen LogP contribution in [-0.4, -0.2) is 63.3 Å². The lowest BCUT2D eigenvalue weighted by molar-refractivity contribution is -0.131. The summed E-state index contributed by atoms with van der Waals surface area (Å²) in [5.41, 5.74) is -0.122. The van der Waals surface area contributed by atoms with Gasteiger partial charge in [-0.05, 0) is 31.0 Å². The van der Waals surface area contributed by atoms with Crippen LogP contribution in [-0.2, 0) is 19.6 Å². The molecule has 0 saturated carbocycles. The Morgan fingerprint density at radius 3 is 2.44 bits per heavy atom. The molecule has 2 rings (SSSR count). The number of rotatable bonds is 5. The van der Waals surface area contributed by atoms with Crippen molar-refractivity contribution < 1.29 is 27.1 Å². The summed E-state index contributed by atoms with van der Waals surface area (Å²) in [5, 5.41) is 0. The molecule has 1 aliphatic rings. The Morgan fingerprint density at radius 1 is 1.20 bits per heavy atom. The lowest BCUT2D eigenvalue weighted by atomic mass is 10.2. The molecule has 0 spiro atoms. The van der Waals surface area contributed by atoms with Crippen molar-refractivity contribution in [1.82, 2.24) is 9.21 Å². The first kappa shape index (κ1) is 19.3. The van der Waals surface area contributed by atoms with Crippen LogP contribution in [0.1, 0.15) is 29.6 Å². The number of halogens is 1. The van der Waals surface area contributed by atoms with Crippen molar-refractivity contribution in [1.29, 1.82) is 0 Å². The molecule has 0 radical (unpaired) electrons. The van der Waals surface area contributed by atoms with Gasteiger partial charge >= 0.3 is 5.97 Å². The van der Waals surface area contributed by atoms with E-state index in [1.54, 1.807) is 0 Å². The van der Waals surface area contributed by atoms with Crippen LogP contribution in [0.5, 0.6) is 0 Å². The quantitative estimate of drug-likeness (QED) is 0.726. The Balaban J connectivity index is 2.22. The number of carbonyl (C=O) groups excluding carboxylic acids is 2. The minimum absolute atomic E-state index is 0.122. The monoisotopic (exact) mass is 372 g/mol. The molecule has 0 N–H and O–H groups in total. The third kappa shape index (κ3) is 4.55. The highest BCUT2D eigenvalue weighted by atomic mass is 32.2. The van der Waals surface area contributed by atoms with Crippen LogP contribution >= 0.6 is 0 Å². The van der Waals surface area contributed by atoms with Gasteiger partial charge in [0, 0.05) is 27.2 Å². The second-order valence-corrected chi connectivity index (χ2v) is 7.88. The van der Waals surface area contributed by atoms with E-state index in [0.717, 1.165) is 37.5 Å². The van der Waals surface area contributed by atoms with Gasteiger partial charge < -0.3 is 9.64 Å². The van der Waals surface area contributed by atoms with Crippen molar-refractivity contribution in [3.8, 4) is 0 Å². The molecule has 1 fully saturated rings. The van der Waals surface area contributed by atoms with Crippen LogP contribution in [0.2, 0.25) is 0 Å². The lowest BCUT2D eigenvalue weighted by Crippen LogP contribution is -2.36. The standard InChI is InChI=1S/C16H21FN2O5S/c1-18(2)15(20)11-24-16(21)12-6-7-13(17)14(10-12)25(22,23)19-8-4-3-5-9-19/h6-7,10H,3-5,8-9,11H2,1-2H3. The van der Waals surface area contributed by atoms with Crippen LogP contribution in [0, 0.1) is 5.82 Å². The topological polar surface area (TPSA) is 84.0 Å². The lowest BCUT2D eigenvalue weighted by Gasteiger charge is -2.26. The molecular formula is C16H21FN2O5S. The maximum atomic E-state index is 14.1. The van der Waals surface area contributed by atoms with Crippen LogP contribution in [0.25, 0.3) is 0 Å². The van der Waals surface area contributed by atoms with Crippen molar-refractivity contribution in [2.24, 2.45) is 0 Å². The highest BCUT2D eigenvalue weighted by Crippen LogP contribution is 2.24. The Hall–Kier alpha value is -2.00. The average molecular weight is 372 g/mol. The van der Waals surface area contributed by atoms with Gasteiger partial charge in [-0.3, -0.25) is 4.79 Å². The fourth-order valence-electron chi connectivity index (χ4n) is 2.41. The SMILES string of the molecule is CN(C)C(=O)COC(=O)c1ccc(F)c(S(=O)(=O)N2CCCCC2)c1. The van der Waals surface area contributed by atoms with Crippen LogP contribution in [0.3, 0.4) is 0 Å². The first-order chi connectivity index (χ1) is 11.7. The van der Waals surface area contributed by atoms with Crippen molar-refractivity contribution in [3.05, 3.63) is 29.6 Å². The molecule has 138 valence electrons. The number of carbonyl (C=O) groups is 2. The fraction of sp³-hybridized carbons (Fsp3) is 0.500. The maximum Gasteiger partial charge on any atom is 0.338 e. The van der Waals surface area contributed by atoms with Crippen LogP contribution in [0.15, 0.2) is 23.1 Å². The number of ether oxygens (including phenoxy) is 1. The summed E-state index contributed by atoms with van der Waals surface area (Å²) >= 11 is 0. The van der Waals surface area contributed by atoms with Crippen molar-refractivity contribution in [2.45, 2.75) is 24.2 Å². The molecule has 1 aromatic carbocycles. The van der Waals surface area contributed by atoms with Crippen LogP contribution in [0.4, 0.5) is 4.39 Å². The normalized spacial score (nSPS) is 15.6. The number of sulfonamides is 1. The first-order valence-corrected chi connectivity index (χ1v) is 9.34. The molecule has 9 heteroatoms. The molecule has 1 aromatic rings. The zero-order valence-corrected chi connectivity index (χ0v) is 15.0. The molecule has 0 atom stereocenters. The summed E-state index contributed by atoms with van der Waals surface area (Å²) < 4.78 is 45.4. The molecular weight excluding hydrogens is 351 g/mol. The molecule has 1 heterocycles. The molecule has 1 saturated heterocycles. The van der Waals surface area contributed by atoms with E-state index in [2.05, 4.69) is 0 Å². The smallest absolute Gasteiger partial charge is 0.338 e. The zero-order chi connectivity index (χ0) is 18.6. The average Bonchev–Trinajstić information content (AvgIpc) is 2.60. The van der Waals surface area contributed by atoms with Crippen LogP contribution < -0.4 is 0 Å². The highest BCUT2D eigenvalue weighted by molar-refractivity contribution is 7.89. The van der Waals surface area contributed by atoms with Gasteiger partial charge in [0.25, 0.3) is 5.91 Å². The summed E-state index contributed by atoms with van der Waals surface area (Å²) in [7, 11) is -0.996. The summed E-state index contributed by atoms with van der Waals surface area (Å²) in [6, 6.07) is 3.01. The number of piperidine rings is 1. The summed E-state index contributed by atoms with van der Waals surface area (Å²) in [5.74, 6) is -2.23. The fourth-order valence-corrected chi connectivity index (χ4v) is 4.02. The van der Waals surface area contributed by atoms with E-state index < -0.39 is 39.2 Å². The molecule has 25 heavy (non-hydrogen) atoms. The van der Waals surface area contributed by atoms with Gasteiger partial charge in [0.2, 0.25) is 10.0 Å². The molecule has 1 aliphatic heterocycles. The van der Waals surface area contributed by atoms with Gasteiger partial charge in [-0.1, -0.05) is 6.42 Å². The number of hydrogen-bond donors (Lipinski definition) is 0.